The third kappa shape index (κ3) is 5.53. The second kappa shape index (κ2) is 9.01. The molecule has 0 bridgehead atoms. The van der Waals surface area contributed by atoms with Crippen LogP contribution >= 0.6 is 11.3 Å². The summed E-state index contributed by atoms with van der Waals surface area (Å²) in [7, 11) is 0. The van der Waals surface area contributed by atoms with E-state index < -0.39 is 0 Å². The van der Waals surface area contributed by atoms with E-state index >= 15 is 0 Å². The van der Waals surface area contributed by atoms with E-state index in [4.69, 9.17) is 0 Å². The number of aliphatic imine (C=N–C) groups is 1. The molecule has 1 saturated heterocycles. The molecule has 1 fully saturated rings. The molecule has 2 heterocycles. The number of nitrogens with one attached hydrogen (secondary N) is 2. The van der Waals surface area contributed by atoms with Gasteiger partial charge in [-0.2, -0.15) is 0 Å². The first-order valence-corrected chi connectivity index (χ1v) is 8.90. The van der Waals surface area contributed by atoms with Gasteiger partial charge >= 0.3 is 0 Å². The summed E-state index contributed by atoms with van der Waals surface area (Å²) in [6, 6.07) is 2.24. The number of thiophene rings is 1. The van der Waals surface area contributed by atoms with Crippen molar-refractivity contribution in [2.24, 2.45) is 4.99 Å². The summed E-state index contributed by atoms with van der Waals surface area (Å²) in [6.45, 7) is 4.33. The fourth-order valence-corrected chi connectivity index (χ4v) is 3.24. The van der Waals surface area contributed by atoms with Crippen molar-refractivity contribution in [1.82, 2.24) is 10.6 Å². The highest BCUT2D eigenvalue weighted by atomic mass is 32.1. The lowest BCUT2D eigenvalue weighted by Crippen LogP contribution is -2.43. The van der Waals surface area contributed by atoms with Crippen LogP contribution in [0.5, 0.6) is 0 Å². The molecule has 0 radical (unpaired) electrons. The molecule has 2 N–H and O–H groups in total. The average Bonchev–Trinajstić information content (AvgIpc) is 2.91. The molecule has 1 aromatic heterocycles. The van der Waals surface area contributed by atoms with Crippen LogP contribution in [-0.2, 0) is 6.42 Å². The first kappa shape index (κ1) is 15.4. The van der Waals surface area contributed by atoms with Gasteiger partial charge in [-0.1, -0.05) is 39.0 Å². The number of hydrogen-bond acceptors (Lipinski definition) is 2. The Balaban J connectivity index is 1.69. The first-order chi connectivity index (χ1) is 9.88. The van der Waals surface area contributed by atoms with E-state index in [1.807, 2.05) is 0 Å². The van der Waals surface area contributed by atoms with Gasteiger partial charge in [-0.05, 0) is 36.3 Å². The fourth-order valence-electron chi connectivity index (χ4n) is 2.42. The van der Waals surface area contributed by atoms with E-state index in [9.17, 15) is 0 Å². The number of hydrogen-bond donors (Lipinski definition) is 2. The minimum atomic E-state index is 0.934. The number of nitrogens with zero attached hydrogens (tertiary/aromatic N) is 1. The van der Waals surface area contributed by atoms with Gasteiger partial charge in [0.15, 0.2) is 5.96 Å². The Morgan fingerprint density at radius 2 is 1.85 bits per heavy atom. The predicted octanol–water partition coefficient (Wildman–Crippen LogP) is 4.22. The molecule has 4 heteroatoms. The van der Waals surface area contributed by atoms with Crippen molar-refractivity contribution in [3.63, 3.8) is 0 Å². The van der Waals surface area contributed by atoms with Crippen LogP contribution in [0.4, 0.5) is 5.00 Å². The quantitative estimate of drug-likeness (QED) is 0.704. The van der Waals surface area contributed by atoms with E-state index in [1.165, 1.54) is 56.9 Å². The molecule has 0 aliphatic carbocycles. The Kier molecular flexibility index (Phi) is 6.92. The summed E-state index contributed by atoms with van der Waals surface area (Å²) in [5, 5.41) is 9.96. The molecule has 2 rings (SSSR count). The predicted molar refractivity (Wildman–Crippen MR) is 89.1 cm³/mol. The van der Waals surface area contributed by atoms with Gasteiger partial charge in [0.05, 0.1) is 0 Å². The number of unbranched alkanes of at least 4 members (excludes halogenated alkanes) is 5. The second-order valence-electron chi connectivity index (χ2n) is 5.48. The molecule has 1 aromatic rings. The third-order valence-corrected chi connectivity index (χ3v) is 4.49. The monoisotopic (exact) mass is 293 g/mol. The lowest BCUT2D eigenvalue weighted by molar-refractivity contribution is 0.608. The van der Waals surface area contributed by atoms with Crippen molar-refractivity contribution in [2.75, 3.05) is 13.1 Å². The maximum Gasteiger partial charge on any atom is 0.197 e. The lowest BCUT2D eigenvalue weighted by atomic mass is 10.1. The van der Waals surface area contributed by atoms with Crippen molar-refractivity contribution < 1.29 is 0 Å². The zero-order valence-corrected chi connectivity index (χ0v) is 13.4. The van der Waals surface area contributed by atoms with Crippen LogP contribution in [0.3, 0.4) is 0 Å². The van der Waals surface area contributed by atoms with Crippen LogP contribution in [0.2, 0.25) is 0 Å². The Labute approximate surface area is 126 Å². The summed E-state index contributed by atoms with van der Waals surface area (Å²) in [5.41, 5.74) is 1.45. The molecular weight excluding hydrogens is 266 g/mol. The van der Waals surface area contributed by atoms with Gasteiger partial charge in [0.25, 0.3) is 0 Å². The van der Waals surface area contributed by atoms with Crippen LogP contribution in [-0.4, -0.2) is 19.0 Å². The Morgan fingerprint density at radius 1 is 1.10 bits per heavy atom. The Morgan fingerprint density at radius 3 is 2.65 bits per heavy atom. The smallest absolute Gasteiger partial charge is 0.197 e. The first-order valence-electron chi connectivity index (χ1n) is 8.02. The van der Waals surface area contributed by atoms with Gasteiger partial charge in [0.2, 0.25) is 0 Å². The molecule has 0 aromatic carbocycles. The normalized spacial score (nSPS) is 14.8. The van der Waals surface area contributed by atoms with Crippen LogP contribution in [0.15, 0.2) is 16.4 Å². The van der Waals surface area contributed by atoms with E-state index in [2.05, 4.69) is 34.0 Å². The molecule has 0 unspecified atom stereocenters. The van der Waals surface area contributed by atoms with Crippen molar-refractivity contribution in [1.29, 1.82) is 0 Å². The summed E-state index contributed by atoms with van der Waals surface area (Å²) < 4.78 is 0. The maximum absolute atomic E-state index is 4.62. The van der Waals surface area contributed by atoms with E-state index in [1.54, 1.807) is 11.3 Å². The van der Waals surface area contributed by atoms with Crippen molar-refractivity contribution in [2.45, 2.75) is 58.3 Å². The summed E-state index contributed by atoms with van der Waals surface area (Å²) in [6.07, 6.45) is 10.6. The van der Waals surface area contributed by atoms with E-state index in [0.29, 0.717) is 0 Å². The highest BCUT2D eigenvalue weighted by molar-refractivity contribution is 7.14. The Hall–Kier alpha value is -1.03. The zero-order chi connectivity index (χ0) is 14.0. The fraction of sp³-hybridized carbons (Fsp3) is 0.688. The van der Waals surface area contributed by atoms with Gasteiger partial charge in [0, 0.05) is 13.1 Å². The number of rotatable bonds is 8. The topological polar surface area (TPSA) is 36.4 Å². The van der Waals surface area contributed by atoms with E-state index in [0.717, 1.165) is 24.1 Å². The van der Waals surface area contributed by atoms with Crippen LogP contribution < -0.4 is 10.6 Å². The minimum Gasteiger partial charge on any atom is -0.356 e. The average molecular weight is 293 g/mol. The largest absolute Gasteiger partial charge is 0.356 e. The molecule has 0 saturated carbocycles. The number of guanidine groups is 1. The van der Waals surface area contributed by atoms with Crippen LogP contribution in [0.1, 0.15) is 57.4 Å². The SMILES string of the molecule is CCCCCCCCc1csc(N=C2NCCCN2)c1. The van der Waals surface area contributed by atoms with Gasteiger partial charge in [0.1, 0.15) is 5.00 Å². The van der Waals surface area contributed by atoms with Crippen LogP contribution in [0.25, 0.3) is 0 Å². The van der Waals surface area contributed by atoms with Crippen LogP contribution in [0, 0.1) is 0 Å². The lowest BCUT2D eigenvalue weighted by Gasteiger charge is -2.16. The molecule has 3 nitrogen and oxygen atoms in total. The zero-order valence-electron chi connectivity index (χ0n) is 12.6. The standard InChI is InChI=1S/C16H27N3S/c1-2-3-4-5-6-7-9-14-12-15(20-13-14)19-16-17-10-8-11-18-16/h12-13H,2-11H2,1H3,(H2,17,18,19). The van der Waals surface area contributed by atoms with Gasteiger partial charge in [-0.25, -0.2) is 4.99 Å². The molecule has 1 aliphatic rings. The van der Waals surface area contributed by atoms with Gasteiger partial charge in [-0.3, -0.25) is 0 Å². The summed E-state index contributed by atoms with van der Waals surface area (Å²) in [5.74, 6) is 0.934. The second-order valence-corrected chi connectivity index (χ2v) is 6.37. The Bertz CT molecular complexity index is 404. The van der Waals surface area contributed by atoms with Crippen molar-refractivity contribution >= 4 is 22.3 Å². The molecule has 0 amide bonds. The third-order valence-electron chi connectivity index (χ3n) is 3.62. The molecule has 0 spiro atoms. The van der Waals surface area contributed by atoms with Crippen molar-refractivity contribution in [3.8, 4) is 0 Å². The molecule has 112 valence electrons. The van der Waals surface area contributed by atoms with E-state index in [-0.39, 0.29) is 0 Å². The number of aryl methyl sites for hydroxylation is 1. The minimum absolute atomic E-state index is 0.934. The molecule has 1 aliphatic heterocycles. The highest BCUT2D eigenvalue weighted by Crippen LogP contribution is 2.25. The summed E-state index contributed by atoms with van der Waals surface area (Å²) >= 11 is 1.75. The van der Waals surface area contributed by atoms with Crippen molar-refractivity contribution in [3.05, 3.63) is 17.0 Å². The van der Waals surface area contributed by atoms with Gasteiger partial charge in [-0.15, -0.1) is 11.3 Å². The maximum atomic E-state index is 4.62. The highest BCUT2D eigenvalue weighted by Gasteiger charge is 2.05. The van der Waals surface area contributed by atoms with Gasteiger partial charge < -0.3 is 10.6 Å². The molecule has 0 atom stereocenters. The molecule has 20 heavy (non-hydrogen) atoms. The molecular formula is C16H27N3S. The summed E-state index contributed by atoms with van der Waals surface area (Å²) in [4.78, 5) is 4.62.